The zero-order chi connectivity index (χ0) is 27.3. The molecule has 1 unspecified atom stereocenters. The van der Waals surface area contributed by atoms with Gasteiger partial charge in [0.05, 0.1) is 23.7 Å². The Morgan fingerprint density at radius 3 is 2.05 bits per heavy atom. The number of allylic oxidation sites excluding steroid dienone is 2. The van der Waals surface area contributed by atoms with E-state index in [1.807, 2.05) is 6.92 Å². The maximum absolute atomic E-state index is 11.6. The molecule has 38 heavy (non-hydrogen) atoms. The fourth-order valence-electron chi connectivity index (χ4n) is 4.79. The molecular weight excluding hydrogens is 470 g/mol. The summed E-state index contributed by atoms with van der Waals surface area (Å²) in [4.78, 5) is 27.1. The molecule has 0 aliphatic carbocycles. The second-order valence-corrected chi connectivity index (χ2v) is 11.2. The summed E-state index contributed by atoms with van der Waals surface area (Å²) in [7, 11) is 0. The average Bonchev–Trinajstić information content (AvgIpc) is 2.88. The average molecular weight is 510 g/mol. The first-order chi connectivity index (χ1) is 18.2. The topological polar surface area (TPSA) is 64.4 Å². The molecule has 0 N–H and O–H groups in total. The van der Waals surface area contributed by atoms with E-state index in [4.69, 9.17) is 19.7 Å². The molecule has 2 aromatic carbocycles. The smallest absolute Gasteiger partial charge is 0.306 e. The molecular formula is C33H39N3O2. The Hall–Kier alpha value is -3.60. The van der Waals surface area contributed by atoms with Crippen LogP contribution in [0.4, 0.5) is 5.82 Å². The third kappa shape index (κ3) is 6.63. The number of aryl methyl sites for hydroxylation is 2. The summed E-state index contributed by atoms with van der Waals surface area (Å²) in [6.45, 7) is 13.2. The van der Waals surface area contributed by atoms with Crippen LogP contribution in [0.15, 0.2) is 65.7 Å². The lowest BCUT2D eigenvalue weighted by Gasteiger charge is -2.34. The van der Waals surface area contributed by atoms with Gasteiger partial charge in [0.1, 0.15) is 0 Å². The molecule has 1 aliphatic heterocycles. The molecule has 1 aliphatic rings. The molecule has 0 fully saturated rings. The number of hydrogen-bond donors (Lipinski definition) is 0. The van der Waals surface area contributed by atoms with E-state index in [0.717, 1.165) is 46.8 Å². The van der Waals surface area contributed by atoms with E-state index < -0.39 is 0 Å². The van der Waals surface area contributed by atoms with Crippen molar-refractivity contribution in [3.05, 3.63) is 77.5 Å². The Bertz CT molecular complexity index is 1330. The van der Waals surface area contributed by atoms with Gasteiger partial charge in [-0.25, -0.2) is 15.0 Å². The van der Waals surface area contributed by atoms with E-state index in [-0.39, 0.29) is 17.3 Å². The Labute approximate surface area is 227 Å². The summed E-state index contributed by atoms with van der Waals surface area (Å²) >= 11 is 0. The predicted molar refractivity (Wildman–Crippen MR) is 156 cm³/mol. The molecule has 5 heteroatoms. The number of aromatic nitrogens is 2. The van der Waals surface area contributed by atoms with Crippen LogP contribution in [-0.2, 0) is 16.0 Å². The first-order valence-electron chi connectivity index (χ1n) is 13.6. The highest BCUT2D eigenvalue weighted by Gasteiger charge is 2.34. The molecule has 0 spiro atoms. The van der Waals surface area contributed by atoms with Crippen LogP contribution in [0.25, 0.3) is 22.5 Å². The summed E-state index contributed by atoms with van der Waals surface area (Å²) in [5, 5.41) is 0. The first-order valence-corrected chi connectivity index (χ1v) is 13.6. The predicted octanol–water partition coefficient (Wildman–Crippen LogP) is 8.01. The molecule has 3 aromatic rings. The van der Waals surface area contributed by atoms with Crippen LogP contribution in [0.3, 0.4) is 0 Å². The van der Waals surface area contributed by atoms with Crippen LogP contribution in [0.2, 0.25) is 0 Å². The number of carbonyl (C=O) groups excluding carboxylic acids is 1. The maximum atomic E-state index is 11.6. The number of carbonyl (C=O) groups is 1. The van der Waals surface area contributed by atoms with E-state index in [1.165, 1.54) is 11.1 Å². The number of benzene rings is 2. The van der Waals surface area contributed by atoms with Gasteiger partial charge >= 0.3 is 5.97 Å². The molecule has 4 rings (SSSR count). The fraction of sp³-hybridized carbons (Fsp3) is 0.394. The van der Waals surface area contributed by atoms with Crippen molar-refractivity contribution in [1.29, 1.82) is 0 Å². The largest absolute Gasteiger partial charge is 0.466 e. The SMILES string of the molecule is CCOC(=O)CCC=CCC1=Nc2nc(-c3ccc(C)cc3)c(-c3ccc(C)cc3)nc2CC1C(C)(C)C. The highest BCUT2D eigenvalue weighted by atomic mass is 16.5. The highest BCUT2D eigenvalue weighted by Crippen LogP contribution is 2.40. The summed E-state index contributed by atoms with van der Waals surface area (Å²) < 4.78 is 5.03. The minimum absolute atomic E-state index is 0.0244. The molecule has 0 saturated carbocycles. The Morgan fingerprint density at radius 1 is 0.921 bits per heavy atom. The van der Waals surface area contributed by atoms with Crippen LogP contribution < -0.4 is 0 Å². The van der Waals surface area contributed by atoms with Gasteiger partial charge in [0.25, 0.3) is 0 Å². The molecule has 0 amide bonds. The molecule has 5 nitrogen and oxygen atoms in total. The number of hydrogen-bond acceptors (Lipinski definition) is 5. The Morgan fingerprint density at radius 2 is 1.50 bits per heavy atom. The second-order valence-electron chi connectivity index (χ2n) is 11.2. The van der Waals surface area contributed by atoms with Crippen molar-refractivity contribution >= 4 is 17.5 Å². The van der Waals surface area contributed by atoms with E-state index in [9.17, 15) is 4.79 Å². The Balaban J connectivity index is 1.72. The molecule has 1 aromatic heterocycles. The van der Waals surface area contributed by atoms with Crippen LogP contribution >= 0.6 is 0 Å². The van der Waals surface area contributed by atoms with Crippen LogP contribution in [-0.4, -0.2) is 28.3 Å². The van der Waals surface area contributed by atoms with Crippen LogP contribution in [0.5, 0.6) is 0 Å². The molecule has 0 bridgehead atoms. The van der Waals surface area contributed by atoms with E-state index in [2.05, 4.69) is 95.3 Å². The minimum Gasteiger partial charge on any atom is -0.466 e. The zero-order valence-electron chi connectivity index (χ0n) is 23.5. The third-order valence-electron chi connectivity index (χ3n) is 7.01. The van der Waals surface area contributed by atoms with E-state index >= 15 is 0 Å². The lowest BCUT2D eigenvalue weighted by atomic mass is 9.73. The van der Waals surface area contributed by atoms with Crippen molar-refractivity contribution in [2.45, 2.75) is 67.2 Å². The number of aliphatic imine (C=N–C) groups is 1. The molecule has 2 heterocycles. The number of ether oxygens (including phenoxy) is 1. The maximum Gasteiger partial charge on any atom is 0.306 e. The molecule has 0 saturated heterocycles. The zero-order valence-corrected chi connectivity index (χ0v) is 23.5. The number of fused-ring (bicyclic) bond motifs is 1. The van der Waals surface area contributed by atoms with Gasteiger partial charge < -0.3 is 4.74 Å². The molecule has 1 atom stereocenters. The fourth-order valence-corrected chi connectivity index (χ4v) is 4.79. The summed E-state index contributed by atoms with van der Waals surface area (Å²) in [5.74, 6) is 0.805. The standard InChI is InChI=1S/C33H39N3O2/c1-7-38-29(37)12-10-8-9-11-27-26(33(4,5)6)21-28-32(35-27)36-31(25-19-15-23(3)16-20-25)30(34-28)24-17-13-22(2)14-18-24/h8-9,13-20,26H,7,10-12,21H2,1-6H3. The second kappa shape index (κ2) is 11.8. The number of nitrogens with zero attached hydrogens (tertiary/aromatic N) is 3. The normalized spacial score (nSPS) is 15.3. The summed E-state index contributed by atoms with van der Waals surface area (Å²) in [6, 6.07) is 17.0. The van der Waals surface area contributed by atoms with Crippen molar-refractivity contribution in [2.24, 2.45) is 16.3 Å². The number of esters is 1. The Kier molecular flexibility index (Phi) is 8.55. The van der Waals surface area contributed by atoms with Crippen LogP contribution in [0, 0.1) is 25.2 Å². The highest BCUT2D eigenvalue weighted by molar-refractivity contribution is 5.93. The number of rotatable bonds is 8. The lowest BCUT2D eigenvalue weighted by Crippen LogP contribution is -2.33. The van der Waals surface area contributed by atoms with Crippen LogP contribution in [0.1, 0.15) is 63.8 Å². The minimum atomic E-state index is -0.156. The lowest BCUT2D eigenvalue weighted by molar-refractivity contribution is -0.143. The van der Waals surface area contributed by atoms with Crippen molar-refractivity contribution < 1.29 is 9.53 Å². The van der Waals surface area contributed by atoms with E-state index in [1.54, 1.807) is 0 Å². The van der Waals surface area contributed by atoms with Gasteiger partial charge in [0.15, 0.2) is 5.82 Å². The van der Waals surface area contributed by atoms with Crippen molar-refractivity contribution in [3.8, 4) is 22.5 Å². The van der Waals surface area contributed by atoms with Gasteiger partial charge in [-0.15, -0.1) is 0 Å². The first kappa shape index (κ1) is 27.4. The molecule has 0 radical (unpaired) electrons. The van der Waals surface area contributed by atoms with Gasteiger partial charge in [-0.2, -0.15) is 0 Å². The monoisotopic (exact) mass is 509 g/mol. The summed E-state index contributed by atoms with van der Waals surface area (Å²) in [5.41, 5.74) is 8.37. The van der Waals surface area contributed by atoms with Crippen molar-refractivity contribution in [1.82, 2.24) is 9.97 Å². The van der Waals surface area contributed by atoms with Gasteiger partial charge in [0, 0.05) is 42.0 Å². The summed E-state index contributed by atoms with van der Waals surface area (Å²) in [6.07, 6.45) is 6.77. The van der Waals surface area contributed by atoms with Gasteiger partial charge in [-0.05, 0) is 32.6 Å². The van der Waals surface area contributed by atoms with Gasteiger partial charge in [-0.1, -0.05) is 92.6 Å². The molecule has 198 valence electrons. The van der Waals surface area contributed by atoms with E-state index in [0.29, 0.717) is 25.3 Å². The third-order valence-corrected chi connectivity index (χ3v) is 7.01. The van der Waals surface area contributed by atoms with Crippen molar-refractivity contribution in [2.75, 3.05) is 6.61 Å². The van der Waals surface area contributed by atoms with Gasteiger partial charge in [0.2, 0.25) is 0 Å². The van der Waals surface area contributed by atoms with Crippen molar-refractivity contribution in [3.63, 3.8) is 0 Å². The quantitative estimate of drug-likeness (QED) is 0.228. The van der Waals surface area contributed by atoms with Gasteiger partial charge in [-0.3, -0.25) is 4.79 Å².